The quantitative estimate of drug-likeness (QED) is 0.169. The molecule has 11 aromatic rings. The van der Waals surface area contributed by atoms with E-state index in [1.807, 2.05) is 42.5 Å². The molecule has 0 aliphatic carbocycles. The molecule has 0 saturated heterocycles. The normalized spacial score (nSPS) is 11.6. The Morgan fingerprint density at radius 3 is 1.56 bits per heavy atom. The average Bonchev–Trinajstić information content (AvgIpc) is 3.89. The van der Waals surface area contributed by atoms with Gasteiger partial charge in [-0.05, 0) is 77.9 Å². The van der Waals surface area contributed by atoms with E-state index in [0.29, 0.717) is 11.3 Å². The fourth-order valence-corrected chi connectivity index (χ4v) is 8.74. The summed E-state index contributed by atoms with van der Waals surface area (Å²) in [6, 6.07) is 63.6. The molecule has 0 aliphatic rings. The van der Waals surface area contributed by atoms with Gasteiger partial charge in [0, 0.05) is 43.7 Å². The van der Waals surface area contributed by atoms with Gasteiger partial charge in [-0.25, -0.2) is 4.85 Å². The molecule has 5 heteroatoms. The van der Waals surface area contributed by atoms with Gasteiger partial charge in [0.15, 0.2) is 0 Å². The van der Waals surface area contributed by atoms with Gasteiger partial charge in [-0.3, -0.25) is 0 Å². The van der Waals surface area contributed by atoms with Crippen molar-refractivity contribution in [3.63, 3.8) is 0 Å². The maximum absolute atomic E-state index is 10.1. The molecular formula is C50H29N5. The first-order chi connectivity index (χ1) is 27.2. The van der Waals surface area contributed by atoms with Crippen molar-refractivity contribution >= 4 is 71.1 Å². The molecule has 11 rings (SSSR count). The number of fused-ring (bicyclic) bond motifs is 9. The lowest BCUT2D eigenvalue weighted by atomic mass is 10.0. The summed E-state index contributed by atoms with van der Waals surface area (Å²) in [6.45, 7) is 8.32. The van der Waals surface area contributed by atoms with Crippen LogP contribution in [0.2, 0.25) is 0 Å². The smallest absolute Gasteiger partial charge is 0.211 e. The molecule has 0 spiro atoms. The molecule has 0 aliphatic heterocycles. The highest BCUT2D eigenvalue weighted by Crippen LogP contribution is 2.40. The molecule has 0 unspecified atom stereocenters. The van der Waals surface area contributed by atoms with Crippen LogP contribution in [0.15, 0.2) is 176 Å². The second kappa shape index (κ2) is 11.8. The van der Waals surface area contributed by atoms with E-state index in [0.717, 1.165) is 61.0 Å². The monoisotopic (exact) mass is 699 g/mol. The van der Waals surface area contributed by atoms with E-state index in [4.69, 9.17) is 6.57 Å². The van der Waals surface area contributed by atoms with Crippen LogP contribution < -0.4 is 0 Å². The van der Waals surface area contributed by atoms with Gasteiger partial charge in [-0.1, -0.05) is 109 Å². The van der Waals surface area contributed by atoms with Crippen LogP contribution in [0.3, 0.4) is 0 Å². The van der Waals surface area contributed by atoms with E-state index in [9.17, 15) is 5.26 Å². The van der Waals surface area contributed by atoms with Gasteiger partial charge in [-0.2, -0.15) is 5.26 Å². The van der Waals surface area contributed by atoms with Crippen LogP contribution >= 0.6 is 0 Å². The zero-order valence-corrected chi connectivity index (χ0v) is 29.5. The lowest BCUT2D eigenvalue weighted by molar-refractivity contribution is 1.15. The Bertz CT molecular complexity index is 3420. The van der Waals surface area contributed by atoms with Crippen LogP contribution in [0.4, 0.5) is 5.69 Å². The van der Waals surface area contributed by atoms with Crippen molar-refractivity contribution in [3.8, 4) is 34.3 Å². The van der Waals surface area contributed by atoms with Gasteiger partial charge < -0.3 is 13.7 Å². The molecular weight excluding hydrogens is 671 g/mol. The van der Waals surface area contributed by atoms with Crippen molar-refractivity contribution in [1.82, 2.24) is 13.7 Å². The highest BCUT2D eigenvalue weighted by atomic mass is 15.0. The van der Waals surface area contributed by atoms with Crippen molar-refractivity contribution in [1.29, 1.82) is 5.26 Å². The fourth-order valence-electron chi connectivity index (χ4n) is 8.74. The lowest BCUT2D eigenvalue weighted by Crippen LogP contribution is -1.98. The van der Waals surface area contributed by atoms with E-state index in [1.165, 1.54) is 32.6 Å². The summed E-state index contributed by atoms with van der Waals surface area (Å²) in [4.78, 5) is 4.05. The molecule has 0 N–H and O–H groups in total. The largest absolute Gasteiger partial charge is 0.318 e. The molecule has 0 bridgehead atoms. The summed E-state index contributed by atoms with van der Waals surface area (Å²) in [5, 5.41) is 17.0. The molecule has 8 aromatic carbocycles. The number of aromatic nitrogens is 3. The van der Waals surface area contributed by atoms with Gasteiger partial charge in [0.2, 0.25) is 5.69 Å². The number of benzene rings is 8. The number of hydrogen-bond acceptors (Lipinski definition) is 1. The molecule has 5 nitrogen and oxygen atoms in total. The van der Waals surface area contributed by atoms with Crippen LogP contribution in [0.1, 0.15) is 5.56 Å². The summed E-state index contributed by atoms with van der Waals surface area (Å²) >= 11 is 0. The molecule has 3 aromatic heterocycles. The molecule has 0 fully saturated rings. The number of para-hydroxylation sites is 5. The summed E-state index contributed by atoms with van der Waals surface area (Å²) in [7, 11) is 0. The SMILES string of the molecule is [C-]#[N+]c1cc(-c2cccc(-n3c4ccccc4c4ccc(-n5c6ccccc6c6ccccc65)cc43)c2)ccc1-n1c2ccccc2c2cccc(C#N)c21. The van der Waals surface area contributed by atoms with Crippen LogP contribution in [0.25, 0.3) is 98.5 Å². The molecule has 0 atom stereocenters. The Morgan fingerprint density at radius 2 is 0.927 bits per heavy atom. The van der Waals surface area contributed by atoms with Crippen LogP contribution in [0, 0.1) is 17.9 Å². The van der Waals surface area contributed by atoms with Crippen molar-refractivity contribution < 1.29 is 0 Å². The molecule has 55 heavy (non-hydrogen) atoms. The fraction of sp³-hybridized carbons (Fsp3) is 0. The Morgan fingerprint density at radius 1 is 0.418 bits per heavy atom. The summed E-state index contributed by atoms with van der Waals surface area (Å²) in [5.41, 5.74) is 12.3. The maximum Gasteiger partial charge on any atom is 0.211 e. The topological polar surface area (TPSA) is 42.9 Å². The number of rotatable bonds is 4. The van der Waals surface area contributed by atoms with Gasteiger partial charge in [0.05, 0.1) is 50.9 Å². The van der Waals surface area contributed by atoms with E-state index in [-0.39, 0.29) is 0 Å². The van der Waals surface area contributed by atoms with E-state index in [1.54, 1.807) is 0 Å². The number of nitriles is 1. The molecule has 0 saturated carbocycles. The highest BCUT2D eigenvalue weighted by Gasteiger charge is 2.19. The average molecular weight is 700 g/mol. The summed E-state index contributed by atoms with van der Waals surface area (Å²) in [5.74, 6) is 0. The second-order valence-corrected chi connectivity index (χ2v) is 14.0. The third-order valence-electron chi connectivity index (χ3n) is 11.1. The summed E-state index contributed by atoms with van der Waals surface area (Å²) in [6.07, 6.45) is 0. The first-order valence-corrected chi connectivity index (χ1v) is 18.3. The van der Waals surface area contributed by atoms with Gasteiger partial charge in [0.25, 0.3) is 0 Å². The first kappa shape index (κ1) is 30.7. The van der Waals surface area contributed by atoms with E-state index in [2.05, 4.69) is 158 Å². The maximum atomic E-state index is 10.1. The minimum Gasteiger partial charge on any atom is -0.318 e. The Kier molecular flexibility index (Phi) is 6.61. The Hall–Kier alpha value is -7.86. The van der Waals surface area contributed by atoms with E-state index >= 15 is 0 Å². The third-order valence-corrected chi connectivity index (χ3v) is 11.1. The third kappa shape index (κ3) is 4.45. The van der Waals surface area contributed by atoms with Crippen molar-refractivity contribution in [3.05, 3.63) is 193 Å². The highest BCUT2D eigenvalue weighted by molar-refractivity contribution is 6.13. The van der Waals surface area contributed by atoms with Crippen LogP contribution in [-0.2, 0) is 0 Å². The minimum absolute atomic E-state index is 0.519. The first-order valence-electron chi connectivity index (χ1n) is 18.3. The van der Waals surface area contributed by atoms with Gasteiger partial charge in [-0.15, -0.1) is 0 Å². The van der Waals surface area contributed by atoms with Crippen molar-refractivity contribution in [2.75, 3.05) is 0 Å². The predicted molar refractivity (Wildman–Crippen MR) is 226 cm³/mol. The van der Waals surface area contributed by atoms with Crippen LogP contribution in [0.5, 0.6) is 0 Å². The van der Waals surface area contributed by atoms with Crippen LogP contribution in [-0.4, -0.2) is 13.7 Å². The zero-order chi connectivity index (χ0) is 36.6. The standard InChI is InChI=1S/C50H29N5/c1-52-43-29-33(24-27-48(43)55-47-23-9-5-18-40(47)42-19-11-13-34(31-51)50(42)55)32-12-10-14-35(28-32)54-46-22-8-4-17-39(46)41-26-25-36(30-49(41)54)53-44-20-6-2-15-37(44)38-16-3-7-21-45(38)53/h2-30H. The van der Waals surface area contributed by atoms with Gasteiger partial charge >= 0.3 is 0 Å². The van der Waals surface area contributed by atoms with Gasteiger partial charge in [0.1, 0.15) is 6.07 Å². The van der Waals surface area contributed by atoms with Crippen molar-refractivity contribution in [2.45, 2.75) is 0 Å². The Balaban J connectivity index is 1.09. The Labute approximate surface area is 316 Å². The van der Waals surface area contributed by atoms with E-state index < -0.39 is 0 Å². The van der Waals surface area contributed by atoms with Crippen molar-refractivity contribution in [2.24, 2.45) is 0 Å². The zero-order valence-electron chi connectivity index (χ0n) is 29.5. The lowest BCUT2D eigenvalue weighted by Gasteiger charge is -2.14. The number of hydrogen-bond donors (Lipinski definition) is 0. The second-order valence-electron chi connectivity index (χ2n) is 14.0. The molecule has 3 heterocycles. The summed E-state index contributed by atoms with van der Waals surface area (Å²) < 4.78 is 6.80. The predicted octanol–water partition coefficient (Wildman–Crippen LogP) is 13.1. The molecule has 254 valence electrons. The minimum atomic E-state index is 0.519. The number of nitrogens with zero attached hydrogens (tertiary/aromatic N) is 5. The molecule has 0 amide bonds. The molecule has 0 radical (unpaired) electrons.